The lowest BCUT2D eigenvalue weighted by atomic mass is 9.69. The fourth-order valence-corrected chi connectivity index (χ4v) is 3.08. The number of carbonyl (C=O) groups excluding carboxylic acids is 1. The summed E-state index contributed by atoms with van der Waals surface area (Å²) in [6.45, 7) is 3.39. The minimum atomic E-state index is -0.0643. The van der Waals surface area contributed by atoms with Gasteiger partial charge in [-0.05, 0) is 31.4 Å². The first-order chi connectivity index (χ1) is 10.6. The van der Waals surface area contributed by atoms with E-state index in [0.717, 1.165) is 30.2 Å². The van der Waals surface area contributed by atoms with Gasteiger partial charge in [0.2, 0.25) is 5.91 Å². The highest BCUT2D eigenvalue weighted by molar-refractivity contribution is 5.82. The van der Waals surface area contributed by atoms with Crippen molar-refractivity contribution >= 4 is 16.8 Å². The molecule has 0 atom stereocenters. The predicted molar refractivity (Wildman–Crippen MR) is 85.5 cm³/mol. The molecular formula is C17H23N3O2. The van der Waals surface area contributed by atoms with E-state index in [1.54, 1.807) is 0 Å². The van der Waals surface area contributed by atoms with E-state index in [9.17, 15) is 9.90 Å². The van der Waals surface area contributed by atoms with E-state index in [0.29, 0.717) is 19.5 Å². The van der Waals surface area contributed by atoms with Crippen LogP contribution in [0, 0.1) is 12.3 Å². The predicted octanol–water partition coefficient (Wildman–Crippen LogP) is 2.01. The van der Waals surface area contributed by atoms with E-state index in [1.807, 2.05) is 23.0 Å². The Morgan fingerprint density at radius 3 is 2.95 bits per heavy atom. The van der Waals surface area contributed by atoms with Crippen LogP contribution in [0.25, 0.3) is 10.9 Å². The van der Waals surface area contributed by atoms with Gasteiger partial charge in [-0.3, -0.25) is 9.48 Å². The summed E-state index contributed by atoms with van der Waals surface area (Å²) < 4.78 is 1.88. The van der Waals surface area contributed by atoms with Crippen LogP contribution in [0.1, 0.15) is 31.2 Å². The normalized spacial score (nSPS) is 16.5. The third-order valence-corrected chi connectivity index (χ3v) is 4.87. The number of aliphatic hydroxyl groups excluding tert-OH is 1. The van der Waals surface area contributed by atoms with Crippen molar-refractivity contribution in [1.29, 1.82) is 0 Å². The summed E-state index contributed by atoms with van der Waals surface area (Å²) in [7, 11) is 0. The number of nitrogens with zero attached hydrogens (tertiary/aromatic N) is 2. The number of carbonyl (C=O) groups is 1. The maximum atomic E-state index is 12.0. The Morgan fingerprint density at radius 2 is 2.27 bits per heavy atom. The first-order valence-corrected chi connectivity index (χ1v) is 7.92. The number of aryl methyl sites for hydroxylation is 2. The lowest BCUT2D eigenvalue weighted by Crippen LogP contribution is -2.44. The standard InChI is InChI=1S/C17H23N3O2/c1-13-4-2-5-15-14(13)10-19-20(15)9-6-16(22)18-11-17(12-21)7-3-8-17/h2,4-5,10,21H,3,6-9,11-12H2,1H3,(H,18,22). The Morgan fingerprint density at radius 1 is 1.45 bits per heavy atom. The number of hydrogen-bond acceptors (Lipinski definition) is 3. The van der Waals surface area contributed by atoms with Crippen molar-refractivity contribution in [2.45, 2.75) is 39.2 Å². The van der Waals surface area contributed by atoms with E-state index in [1.165, 1.54) is 5.56 Å². The third-order valence-electron chi connectivity index (χ3n) is 4.87. The molecule has 1 fully saturated rings. The molecule has 1 aliphatic carbocycles. The topological polar surface area (TPSA) is 67.2 Å². The van der Waals surface area contributed by atoms with Gasteiger partial charge >= 0.3 is 0 Å². The van der Waals surface area contributed by atoms with Crippen LogP contribution in [0.5, 0.6) is 0 Å². The average Bonchev–Trinajstić information content (AvgIpc) is 2.89. The number of fused-ring (bicyclic) bond motifs is 1. The van der Waals surface area contributed by atoms with Crippen molar-refractivity contribution in [2.24, 2.45) is 5.41 Å². The summed E-state index contributed by atoms with van der Waals surface area (Å²) in [5, 5.41) is 17.9. The molecule has 3 rings (SSSR count). The molecule has 1 saturated carbocycles. The van der Waals surface area contributed by atoms with Crippen molar-refractivity contribution in [3.8, 4) is 0 Å². The lowest BCUT2D eigenvalue weighted by molar-refractivity contribution is -0.122. The van der Waals surface area contributed by atoms with Crippen LogP contribution in [-0.2, 0) is 11.3 Å². The van der Waals surface area contributed by atoms with Crippen LogP contribution in [0.4, 0.5) is 0 Å². The summed E-state index contributed by atoms with van der Waals surface area (Å²) in [6.07, 6.45) is 5.43. The number of rotatable bonds is 6. The average molecular weight is 301 g/mol. The molecule has 1 amide bonds. The highest BCUT2D eigenvalue weighted by Crippen LogP contribution is 2.39. The zero-order valence-corrected chi connectivity index (χ0v) is 13.0. The van der Waals surface area contributed by atoms with Crippen LogP contribution < -0.4 is 5.32 Å². The molecule has 0 saturated heterocycles. The highest BCUT2D eigenvalue weighted by Gasteiger charge is 2.36. The molecule has 0 radical (unpaired) electrons. The number of hydrogen-bond donors (Lipinski definition) is 2. The number of aromatic nitrogens is 2. The molecule has 2 aromatic rings. The lowest BCUT2D eigenvalue weighted by Gasteiger charge is -2.40. The maximum Gasteiger partial charge on any atom is 0.221 e. The first kappa shape index (κ1) is 15.0. The zero-order valence-electron chi connectivity index (χ0n) is 13.0. The Kier molecular flexibility index (Phi) is 4.16. The van der Waals surface area contributed by atoms with Crippen LogP contribution in [0.3, 0.4) is 0 Å². The molecule has 0 aliphatic heterocycles. The smallest absolute Gasteiger partial charge is 0.221 e. The van der Waals surface area contributed by atoms with Gasteiger partial charge in [0.05, 0.1) is 24.9 Å². The monoisotopic (exact) mass is 301 g/mol. The quantitative estimate of drug-likeness (QED) is 0.857. The molecule has 1 aliphatic rings. The molecule has 22 heavy (non-hydrogen) atoms. The molecule has 1 aromatic heterocycles. The van der Waals surface area contributed by atoms with Gasteiger partial charge in [0.1, 0.15) is 0 Å². The molecule has 0 unspecified atom stereocenters. The first-order valence-electron chi connectivity index (χ1n) is 7.92. The van der Waals surface area contributed by atoms with Crippen molar-refractivity contribution in [3.63, 3.8) is 0 Å². The molecule has 0 spiro atoms. The molecule has 5 heteroatoms. The molecule has 1 heterocycles. The minimum Gasteiger partial charge on any atom is -0.396 e. The number of benzene rings is 1. The second kappa shape index (κ2) is 6.08. The summed E-state index contributed by atoms with van der Waals surface area (Å²) >= 11 is 0. The molecule has 2 N–H and O–H groups in total. The summed E-state index contributed by atoms with van der Waals surface area (Å²) in [4.78, 5) is 12.0. The molecule has 5 nitrogen and oxygen atoms in total. The van der Waals surface area contributed by atoms with Gasteiger partial charge in [-0.25, -0.2) is 0 Å². The van der Waals surface area contributed by atoms with Crippen LogP contribution in [-0.4, -0.2) is 33.9 Å². The van der Waals surface area contributed by atoms with Crippen molar-refractivity contribution in [3.05, 3.63) is 30.0 Å². The SMILES string of the molecule is Cc1cccc2c1cnn2CCC(=O)NCC1(CO)CCC1. The Bertz CT molecular complexity index is 668. The number of aliphatic hydroxyl groups is 1. The van der Waals surface area contributed by atoms with Gasteiger partial charge in [-0.15, -0.1) is 0 Å². The van der Waals surface area contributed by atoms with Crippen molar-refractivity contribution < 1.29 is 9.90 Å². The fourth-order valence-electron chi connectivity index (χ4n) is 3.08. The number of amides is 1. The molecule has 0 bridgehead atoms. The molecule has 1 aromatic carbocycles. The van der Waals surface area contributed by atoms with Gasteiger partial charge in [0, 0.05) is 23.8 Å². The van der Waals surface area contributed by atoms with Crippen molar-refractivity contribution in [2.75, 3.05) is 13.2 Å². The minimum absolute atomic E-state index is 0.0241. The second-order valence-electron chi connectivity index (χ2n) is 6.41. The summed E-state index contributed by atoms with van der Waals surface area (Å²) in [5.74, 6) is 0.0241. The fraction of sp³-hybridized carbons (Fsp3) is 0.529. The van der Waals surface area contributed by atoms with E-state index in [2.05, 4.69) is 23.4 Å². The van der Waals surface area contributed by atoms with E-state index in [-0.39, 0.29) is 17.9 Å². The summed E-state index contributed by atoms with van der Waals surface area (Å²) in [5.41, 5.74) is 2.20. The van der Waals surface area contributed by atoms with Gasteiger partial charge in [-0.2, -0.15) is 5.10 Å². The Hall–Kier alpha value is -1.88. The van der Waals surface area contributed by atoms with E-state index >= 15 is 0 Å². The third kappa shape index (κ3) is 2.86. The number of nitrogens with one attached hydrogen (secondary N) is 1. The van der Waals surface area contributed by atoms with Gasteiger partial charge in [-0.1, -0.05) is 18.6 Å². The van der Waals surface area contributed by atoms with E-state index < -0.39 is 0 Å². The van der Waals surface area contributed by atoms with Crippen LogP contribution in [0.15, 0.2) is 24.4 Å². The largest absolute Gasteiger partial charge is 0.396 e. The Balaban J connectivity index is 1.55. The molecular weight excluding hydrogens is 278 g/mol. The van der Waals surface area contributed by atoms with Gasteiger partial charge in [0.25, 0.3) is 0 Å². The summed E-state index contributed by atoms with van der Waals surface area (Å²) in [6, 6.07) is 6.11. The van der Waals surface area contributed by atoms with E-state index in [4.69, 9.17) is 0 Å². The van der Waals surface area contributed by atoms with Crippen LogP contribution in [0.2, 0.25) is 0 Å². The zero-order chi connectivity index (χ0) is 15.6. The van der Waals surface area contributed by atoms with Crippen molar-refractivity contribution in [1.82, 2.24) is 15.1 Å². The van der Waals surface area contributed by atoms with Gasteiger partial charge in [0.15, 0.2) is 0 Å². The molecule has 118 valence electrons. The Labute approximate surface area is 130 Å². The highest BCUT2D eigenvalue weighted by atomic mass is 16.3. The maximum absolute atomic E-state index is 12.0. The van der Waals surface area contributed by atoms with Gasteiger partial charge < -0.3 is 10.4 Å². The second-order valence-corrected chi connectivity index (χ2v) is 6.41. The van der Waals surface area contributed by atoms with Crippen LogP contribution >= 0.6 is 0 Å².